The molecule has 8 heteroatoms. The topological polar surface area (TPSA) is 92.7 Å². The number of carbonyl (C=O) groups is 1. The monoisotopic (exact) mass is 298 g/mol. The first-order chi connectivity index (χ1) is 10.3. The normalized spacial score (nSPS) is 10.1. The molecule has 0 unspecified atom stereocenters. The highest BCUT2D eigenvalue weighted by molar-refractivity contribution is 7.08. The Balaban J connectivity index is 1.88. The second kappa shape index (κ2) is 6.06. The van der Waals surface area contributed by atoms with Gasteiger partial charge in [-0.2, -0.15) is 16.3 Å². The molecule has 3 aromatic heterocycles. The third-order valence-electron chi connectivity index (χ3n) is 2.57. The predicted molar refractivity (Wildman–Crippen MR) is 80.3 cm³/mol. The number of aromatic nitrogens is 4. The number of carbonyl (C=O) groups excluding carboxylic acids is 1. The molecule has 7 nitrogen and oxygen atoms in total. The van der Waals surface area contributed by atoms with E-state index in [9.17, 15) is 4.79 Å². The lowest BCUT2D eigenvalue weighted by molar-refractivity contribution is -0.105. The minimum atomic E-state index is 0.440. The Kier molecular flexibility index (Phi) is 3.79. The number of hydrogen-bond donors (Lipinski definition) is 2. The van der Waals surface area contributed by atoms with Gasteiger partial charge in [0.15, 0.2) is 5.82 Å². The maximum absolute atomic E-state index is 10.5. The van der Waals surface area contributed by atoms with E-state index in [0.717, 1.165) is 11.3 Å². The fourth-order valence-corrected chi connectivity index (χ4v) is 2.26. The largest absolute Gasteiger partial charge is 0.323 e. The Morgan fingerprint density at radius 1 is 1.19 bits per heavy atom. The van der Waals surface area contributed by atoms with Crippen LogP contribution in [0.1, 0.15) is 0 Å². The average Bonchev–Trinajstić information content (AvgIpc) is 3.01. The van der Waals surface area contributed by atoms with Crippen LogP contribution in [-0.2, 0) is 4.79 Å². The molecular formula is C13H10N6OS. The number of pyridine rings is 1. The van der Waals surface area contributed by atoms with Crippen LogP contribution < -0.4 is 10.6 Å². The lowest BCUT2D eigenvalue weighted by Crippen LogP contribution is -2.00. The Hall–Kier alpha value is -2.87. The molecule has 3 aromatic rings. The number of anilines is 3. The van der Waals surface area contributed by atoms with Crippen molar-refractivity contribution in [1.82, 2.24) is 19.9 Å². The van der Waals surface area contributed by atoms with Crippen molar-refractivity contribution in [2.24, 2.45) is 0 Å². The van der Waals surface area contributed by atoms with Crippen LogP contribution in [0.25, 0.3) is 11.4 Å². The van der Waals surface area contributed by atoms with Crippen LogP contribution in [0.3, 0.4) is 0 Å². The zero-order chi connectivity index (χ0) is 14.5. The van der Waals surface area contributed by atoms with Crippen molar-refractivity contribution in [2.45, 2.75) is 0 Å². The molecule has 0 saturated carbocycles. The smallest absolute Gasteiger partial charge is 0.230 e. The van der Waals surface area contributed by atoms with Crippen molar-refractivity contribution in [1.29, 1.82) is 0 Å². The fourth-order valence-electron chi connectivity index (χ4n) is 1.67. The molecular weight excluding hydrogens is 288 g/mol. The Morgan fingerprint density at radius 2 is 2.14 bits per heavy atom. The third-order valence-corrected chi connectivity index (χ3v) is 3.26. The van der Waals surface area contributed by atoms with E-state index in [1.54, 1.807) is 29.7 Å². The van der Waals surface area contributed by atoms with Gasteiger partial charge in [-0.15, -0.1) is 0 Å². The van der Waals surface area contributed by atoms with E-state index < -0.39 is 0 Å². The summed E-state index contributed by atoms with van der Waals surface area (Å²) in [6.45, 7) is 0. The van der Waals surface area contributed by atoms with Gasteiger partial charge in [0.05, 0.1) is 5.69 Å². The van der Waals surface area contributed by atoms with Gasteiger partial charge in [0.2, 0.25) is 12.4 Å². The van der Waals surface area contributed by atoms with Crippen molar-refractivity contribution in [3.8, 4) is 11.4 Å². The number of hydrogen-bond acceptors (Lipinski definition) is 7. The van der Waals surface area contributed by atoms with Crippen LogP contribution in [0.4, 0.5) is 17.5 Å². The lowest BCUT2D eigenvalue weighted by atomic mass is 10.2. The van der Waals surface area contributed by atoms with Gasteiger partial charge in [-0.3, -0.25) is 4.79 Å². The standard InChI is InChI=1S/C13H10N6OS/c20-8-17-11-5-9(1-3-14-11)12-15-7-16-13(19-12)18-10-2-4-21-6-10/h1-8H,(H,14,17,20)(H,15,16,18,19). The van der Waals surface area contributed by atoms with E-state index in [4.69, 9.17) is 0 Å². The molecule has 0 radical (unpaired) electrons. The summed E-state index contributed by atoms with van der Waals surface area (Å²) in [4.78, 5) is 27.0. The van der Waals surface area contributed by atoms with Gasteiger partial charge in [0.1, 0.15) is 12.1 Å². The molecule has 0 aromatic carbocycles. The summed E-state index contributed by atoms with van der Waals surface area (Å²) in [6, 6.07) is 5.39. The second-order valence-electron chi connectivity index (χ2n) is 3.96. The van der Waals surface area contributed by atoms with Crippen LogP contribution in [0.5, 0.6) is 0 Å². The maximum Gasteiger partial charge on any atom is 0.230 e. The van der Waals surface area contributed by atoms with Gasteiger partial charge < -0.3 is 10.6 Å². The molecule has 2 N–H and O–H groups in total. The van der Waals surface area contributed by atoms with E-state index in [1.165, 1.54) is 6.33 Å². The summed E-state index contributed by atoms with van der Waals surface area (Å²) in [5.74, 6) is 1.40. The molecule has 0 aliphatic heterocycles. The molecule has 0 bridgehead atoms. The maximum atomic E-state index is 10.5. The van der Waals surface area contributed by atoms with E-state index in [-0.39, 0.29) is 0 Å². The molecule has 104 valence electrons. The number of rotatable bonds is 5. The van der Waals surface area contributed by atoms with Crippen LogP contribution in [0.2, 0.25) is 0 Å². The van der Waals surface area contributed by atoms with Crippen molar-refractivity contribution >= 4 is 35.2 Å². The molecule has 0 atom stereocenters. The summed E-state index contributed by atoms with van der Waals surface area (Å²) in [5, 5.41) is 9.51. The minimum Gasteiger partial charge on any atom is -0.323 e. The highest BCUT2D eigenvalue weighted by Crippen LogP contribution is 2.20. The van der Waals surface area contributed by atoms with E-state index in [2.05, 4.69) is 30.6 Å². The Bertz CT molecular complexity index is 746. The van der Waals surface area contributed by atoms with Gasteiger partial charge in [0.25, 0.3) is 0 Å². The first kappa shape index (κ1) is 13.1. The van der Waals surface area contributed by atoms with Gasteiger partial charge in [-0.1, -0.05) is 0 Å². The molecule has 21 heavy (non-hydrogen) atoms. The van der Waals surface area contributed by atoms with E-state index >= 15 is 0 Å². The first-order valence-corrected chi connectivity index (χ1v) is 6.94. The highest BCUT2D eigenvalue weighted by Gasteiger charge is 2.06. The summed E-state index contributed by atoms with van der Waals surface area (Å²) in [6.07, 6.45) is 3.59. The number of nitrogens with zero attached hydrogens (tertiary/aromatic N) is 4. The first-order valence-electron chi connectivity index (χ1n) is 6.00. The minimum absolute atomic E-state index is 0.440. The predicted octanol–water partition coefficient (Wildman–Crippen LogP) is 2.31. The highest BCUT2D eigenvalue weighted by atomic mass is 32.1. The second-order valence-corrected chi connectivity index (χ2v) is 4.74. The van der Waals surface area contributed by atoms with Crippen molar-refractivity contribution < 1.29 is 4.79 Å². The third kappa shape index (κ3) is 3.18. The van der Waals surface area contributed by atoms with Gasteiger partial charge in [-0.05, 0) is 23.6 Å². The summed E-state index contributed by atoms with van der Waals surface area (Å²) >= 11 is 1.58. The van der Waals surface area contributed by atoms with E-state index in [1.807, 2.05) is 16.8 Å². The zero-order valence-corrected chi connectivity index (χ0v) is 11.5. The van der Waals surface area contributed by atoms with Crippen molar-refractivity contribution in [3.05, 3.63) is 41.5 Å². The van der Waals surface area contributed by atoms with Crippen LogP contribution in [-0.4, -0.2) is 26.3 Å². The number of thiophene rings is 1. The molecule has 0 fully saturated rings. The zero-order valence-electron chi connectivity index (χ0n) is 10.7. The quantitative estimate of drug-likeness (QED) is 0.702. The van der Waals surface area contributed by atoms with Crippen LogP contribution in [0, 0.1) is 0 Å². The van der Waals surface area contributed by atoms with Gasteiger partial charge in [-0.25, -0.2) is 15.0 Å². The Labute approximate surface area is 124 Å². The molecule has 0 aliphatic carbocycles. The molecule has 1 amide bonds. The summed E-state index contributed by atoms with van der Waals surface area (Å²) in [7, 11) is 0. The number of amides is 1. The van der Waals surface area contributed by atoms with Crippen LogP contribution in [0.15, 0.2) is 41.5 Å². The van der Waals surface area contributed by atoms with Gasteiger partial charge in [0, 0.05) is 17.1 Å². The summed E-state index contributed by atoms with van der Waals surface area (Å²) in [5.41, 5.74) is 1.67. The Morgan fingerprint density at radius 3 is 2.95 bits per heavy atom. The van der Waals surface area contributed by atoms with Crippen molar-refractivity contribution in [3.63, 3.8) is 0 Å². The molecule has 3 rings (SSSR count). The van der Waals surface area contributed by atoms with E-state index in [0.29, 0.717) is 24.0 Å². The van der Waals surface area contributed by atoms with Crippen molar-refractivity contribution in [2.75, 3.05) is 10.6 Å². The summed E-state index contributed by atoms with van der Waals surface area (Å²) < 4.78 is 0. The molecule has 3 heterocycles. The number of nitrogens with one attached hydrogen (secondary N) is 2. The SMILES string of the molecule is O=CNc1cc(-c2ncnc(Nc3ccsc3)n2)ccn1. The van der Waals surface area contributed by atoms with Crippen LogP contribution >= 0.6 is 11.3 Å². The molecule has 0 spiro atoms. The fraction of sp³-hybridized carbons (Fsp3) is 0. The average molecular weight is 298 g/mol. The van der Waals surface area contributed by atoms with Gasteiger partial charge >= 0.3 is 0 Å². The molecule has 0 saturated heterocycles. The lowest BCUT2D eigenvalue weighted by Gasteiger charge is -2.05. The molecule has 0 aliphatic rings.